The van der Waals surface area contributed by atoms with Crippen molar-refractivity contribution in [3.63, 3.8) is 0 Å². The first kappa shape index (κ1) is 20.8. The molecule has 0 N–H and O–H groups in total. The average molecular weight is 410 g/mol. The van der Waals surface area contributed by atoms with Crippen molar-refractivity contribution in [3.05, 3.63) is 29.8 Å². The van der Waals surface area contributed by atoms with Gasteiger partial charge in [0.25, 0.3) is 5.91 Å². The predicted octanol–water partition coefficient (Wildman–Crippen LogP) is 0.940. The number of nitrogens with zero attached hydrogens (tertiary/aromatic N) is 2. The van der Waals surface area contributed by atoms with Gasteiger partial charge in [0.2, 0.25) is 10.0 Å². The SMILES string of the molecule is Cc1ccc(S(=O)(=O)N2CCCCC2C(=O)OCC(=O)N2CCOCC2)cc1. The van der Waals surface area contributed by atoms with Crippen LogP contribution in [0, 0.1) is 6.92 Å². The van der Waals surface area contributed by atoms with Gasteiger partial charge in [0.15, 0.2) is 6.61 Å². The number of hydrogen-bond donors (Lipinski definition) is 0. The number of carbonyl (C=O) groups excluding carboxylic acids is 2. The lowest BCUT2D eigenvalue weighted by Crippen LogP contribution is -2.49. The second-order valence-corrected chi connectivity index (χ2v) is 8.93. The van der Waals surface area contributed by atoms with E-state index in [0.29, 0.717) is 39.1 Å². The molecule has 1 aromatic rings. The number of esters is 1. The summed E-state index contributed by atoms with van der Waals surface area (Å²) in [6, 6.07) is 5.64. The number of carbonyl (C=O) groups is 2. The van der Waals surface area contributed by atoms with Gasteiger partial charge < -0.3 is 14.4 Å². The van der Waals surface area contributed by atoms with Gasteiger partial charge in [-0.1, -0.05) is 17.7 Å². The Labute approximate surface area is 165 Å². The van der Waals surface area contributed by atoms with E-state index in [2.05, 4.69) is 0 Å². The Morgan fingerprint density at radius 3 is 2.46 bits per heavy atom. The van der Waals surface area contributed by atoms with E-state index >= 15 is 0 Å². The Bertz CT molecular complexity index is 802. The van der Waals surface area contributed by atoms with E-state index in [-0.39, 0.29) is 24.0 Å². The minimum Gasteiger partial charge on any atom is -0.454 e. The molecule has 1 atom stereocenters. The van der Waals surface area contributed by atoms with Crippen molar-refractivity contribution in [2.24, 2.45) is 0 Å². The summed E-state index contributed by atoms with van der Waals surface area (Å²) in [4.78, 5) is 26.5. The molecule has 0 saturated carbocycles. The lowest BCUT2D eigenvalue weighted by atomic mass is 10.1. The fourth-order valence-corrected chi connectivity index (χ4v) is 5.05. The maximum absolute atomic E-state index is 13.0. The molecule has 0 bridgehead atoms. The van der Waals surface area contributed by atoms with Crippen molar-refractivity contribution in [2.45, 2.75) is 37.1 Å². The highest BCUT2D eigenvalue weighted by Gasteiger charge is 2.38. The van der Waals surface area contributed by atoms with Crippen LogP contribution in [0.1, 0.15) is 24.8 Å². The molecule has 154 valence electrons. The van der Waals surface area contributed by atoms with Crippen molar-refractivity contribution in [2.75, 3.05) is 39.5 Å². The van der Waals surface area contributed by atoms with Gasteiger partial charge in [0, 0.05) is 19.6 Å². The quantitative estimate of drug-likeness (QED) is 0.671. The summed E-state index contributed by atoms with van der Waals surface area (Å²) in [5.74, 6) is -0.961. The van der Waals surface area contributed by atoms with Crippen molar-refractivity contribution in [3.8, 4) is 0 Å². The fourth-order valence-electron chi connectivity index (χ4n) is 3.41. The van der Waals surface area contributed by atoms with E-state index in [1.165, 1.54) is 4.31 Å². The number of sulfonamides is 1. The third-order valence-corrected chi connectivity index (χ3v) is 6.98. The summed E-state index contributed by atoms with van der Waals surface area (Å²) >= 11 is 0. The van der Waals surface area contributed by atoms with Crippen LogP contribution in [0.3, 0.4) is 0 Å². The van der Waals surface area contributed by atoms with Gasteiger partial charge in [-0.15, -0.1) is 0 Å². The van der Waals surface area contributed by atoms with E-state index in [1.807, 2.05) is 6.92 Å². The van der Waals surface area contributed by atoms with Crippen molar-refractivity contribution in [1.82, 2.24) is 9.21 Å². The predicted molar refractivity (Wildman–Crippen MR) is 101 cm³/mol. The average Bonchev–Trinajstić information content (AvgIpc) is 2.72. The first-order valence-corrected chi connectivity index (χ1v) is 10.9. The minimum absolute atomic E-state index is 0.155. The second kappa shape index (κ2) is 9.02. The summed E-state index contributed by atoms with van der Waals surface area (Å²) in [6.07, 6.45) is 1.80. The Morgan fingerprint density at radius 1 is 1.11 bits per heavy atom. The standard InChI is InChI=1S/C19H26N2O6S/c1-15-5-7-16(8-6-15)28(24,25)21-9-3-2-4-17(21)19(23)27-14-18(22)20-10-12-26-13-11-20/h5-8,17H,2-4,9-14H2,1H3. The maximum Gasteiger partial charge on any atom is 0.324 e. The zero-order chi connectivity index (χ0) is 20.1. The summed E-state index contributed by atoms with van der Waals surface area (Å²) < 4.78 is 37.7. The summed E-state index contributed by atoms with van der Waals surface area (Å²) in [5.41, 5.74) is 0.954. The van der Waals surface area contributed by atoms with Crippen molar-refractivity contribution < 1.29 is 27.5 Å². The van der Waals surface area contributed by atoms with Crippen molar-refractivity contribution in [1.29, 1.82) is 0 Å². The lowest BCUT2D eigenvalue weighted by Gasteiger charge is -2.33. The molecule has 28 heavy (non-hydrogen) atoms. The van der Waals surface area contributed by atoms with Crippen LogP contribution in [0.4, 0.5) is 0 Å². The molecular weight excluding hydrogens is 384 g/mol. The summed E-state index contributed by atoms with van der Waals surface area (Å²) in [5, 5.41) is 0. The normalized spacial score (nSPS) is 21.3. The van der Waals surface area contributed by atoms with Gasteiger partial charge in [0.05, 0.1) is 18.1 Å². The number of morpholine rings is 1. The fraction of sp³-hybridized carbons (Fsp3) is 0.579. The van der Waals surface area contributed by atoms with Crippen LogP contribution in [-0.4, -0.2) is 75.0 Å². The third-order valence-electron chi connectivity index (χ3n) is 5.06. The number of benzene rings is 1. The molecule has 0 radical (unpaired) electrons. The number of hydrogen-bond acceptors (Lipinski definition) is 6. The molecule has 2 aliphatic rings. The molecule has 9 heteroatoms. The molecule has 2 heterocycles. The Kier molecular flexibility index (Phi) is 6.69. The number of rotatable bonds is 5. The molecule has 8 nitrogen and oxygen atoms in total. The van der Waals surface area contributed by atoms with Crippen LogP contribution >= 0.6 is 0 Å². The molecule has 0 spiro atoms. The lowest BCUT2D eigenvalue weighted by molar-refractivity contribution is -0.157. The summed E-state index contributed by atoms with van der Waals surface area (Å²) in [7, 11) is -3.81. The van der Waals surface area contributed by atoms with Gasteiger partial charge in [-0.25, -0.2) is 8.42 Å². The van der Waals surface area contributed by atoms with Crippen LogP contribution in [0.2, 0.25) is 0 Å². The smallest absolute Gasteiger partial charge is 0.324 e. The molecule has 2 aliphatic heterocycles. The highest BCUT2D eigenvalue weighted by Crippen LogP contribution is 2.26. The molecular formula is C19H26N2O6S. The van der Waals surface area contributed by atoms with Crippen LogP contribution < -0.4 is 0 Å². The number of aryl methyl sites for hydroxylation is 1. The van der Waals surface area contributed by atoms with Gasteiger partial charge >= 0.3 is 5.97 Å². The van der Waals surface area contributed by atoms with Gasteiger partial charge in [-0.3, -0.25) is 9.59 Å². The molecule has 0 aliphatic carbocycles. The molecule has 1 aromatic carbocycles. The van der Waals surface area contributed by atoms with Crippen LogP contribution in [0.15, 0.2) is 29.2 Å². The summed E-state index contributed by atoms with van der Waals surface area (Å²) in [6.45, 7) is 3.61. The largest absolute Gasteiger partial charge is 0.454 e. The second-order valence-electron chi connectivity index (χ2n) is 7.04. The third kappa shape index (κ3) is 4.71. The number of piperidine rings is 1. The van der Waals surface area contributed by atoms with Crippen molar-refractivity contribution >= 4 is 21.9 Å². The van der Waals surface area contributed by atoms with E-state index < -0.39 is 22.0 Å². The van der Waals surface area contributed by atoms with E-state index in [9.17, 15) is 18.0 Å². The van der Waals surface area contributed by atoms with E-state index in [1.54, 1.807) is 29.2 Å². The minimum atomic E-state index is -3.81. The first-order chi connectivity index (χ1) is 13.4. The Hall–Kier alpha value is -1.97. The molecule has 3 rings (SSSR count). The maximum atomic E-state index is 13.0. The molecule has 1 amide bonds. The van der Waals surface area contributed by atoms with E-state index in [0.717, 1.165) is 12.0 Å². The molecule has 1 unspecified atom stereocenters. The van der Waals surface area contributed by atoms with Crippen LogP contribution in [0.25, 0.3) is 0 Å². The number of ether oxygens (including phenoxy) is 2. The highest BCUT2D eigenvalue weighted by atomic mass is 32.2. The molecule has 0 aromatic heterocycles. The van der Waals surface area contributed by atoms with Gasteiger partial charge in [-0.05, 0) is 38.3 Å². The number of amides is 1. The highest BCUT2D eigenvalue weighted by molar-refractivity contribution is 7.89. The topological polar surface area (TPSA) is 93.2 Å². The monoisotopic (exact) mass is 410 g/mol. The van der Waals surface area contributed by atoms with Crippen LogP contribution in [-0.2, 0) is 29.1 Å². The van der Waals surface area contributed by atoms with Gasteiger partial charge in [0.1, 0.15) is 6.04 Å². The molecule has 2 saturated heterocycles. The van der Waals surface area contributed by atoms with E-state index in [4.69, 9.17) is 9.47 Å². The first-order valence-electron chi connectivity index (χ1n) is 9.50. The Morgan fingerprint density at radius 2 is 1.79 bits per heavy atom. The van der Waals surface area contributed by atoms with Gasteiger partial charge in [-0.2, -0.15) is 4.31 Å². The van der Waals surface area contributed by atoms with Crippen LogP contribution in [0.5, 0.6) is 0 Å². The zero-order valence-corrected chi connectivity index (χ0v) is 16.8. The molecule has 2 fully saturated rings. The Balaban J connectivity index is 1.67. The zero-order valence-electron chi connectivity index (χ0n) is 16.0.